The van der Waals surface area contributed by atoms with Crippen LogP contribution in [0.15, 0.2) is 24.3 Å². The zero-order valence-electron chi connectivity index (χ0n) is 12.1. The number of hydrogen-bond acceptors (Lipinski definition) is 4. The van der Waals surface area contributed by atoms with Crippen LogP contribution in [-0.2, 0) is 4.74 Å². The highest BCUT2D eigenvalue weighted by atomic mass is 19.1. The molecule has 0 aliphatic heterocycles. The Balaban J connectivity index is 2.06. The van der Waals surface area contributed by atoms with Gasteiger partial charge in [0.15, 0.2) is 11.6 Å². The lowest BCUT2D eigenvalue weighted by atomic mass is 10.3. The van der Waals surface area contributed by atoms with E-state index < -0.39 is 11.9 Å². The molecule has 5 heteroatoms. The molecule has 20 heavy (non-hydrogen) atoms. The first kappa shape index (κ1) is 16.9. The number of ether oxygens (including phenoxy) is 2. The highest BCUT2D eigenvalue weighted by molar-refractivity contribution is 5.23. The number of para-hydroxylation sites is 1. The zero-order chi connectivity index (χ0) is 14.8. The molecule has 0 spiro atoms. The normalized spacial score (nSPS) is 12.7. The Morgan fingerprint density at radius 1 is 1.30 bits per heavy atom. The summed E-state index contributed by atoms with van der Waals surface area (Å²) >= 11 is 0. The molecule has 1 aromatic rings. The van der Waals surface area contributed by atoms with Crippen LogP contribution in [-0.4, -0.2) is 43.6 Å². The number of rotatable bonds is 10. The Morgan fingerprint density at radius 3 is 2.75 bits per heavy atom. The van der Waals surface area contributed by atoms with Gasteiger partial charge in [0.2, 0.25) is 0 Å². The second kappa shape index (κ2) is 9.69. The van der Waals surface area contributed by atoms with Crippen molar-refractivity contribution in [3.63, 3.8) is 0 Å². The van der Waals surface area contributed by atoms with Crippen LogP contribution in [0.4, 0.5) is 4.39 Å². The highest BCUT2D eigenvalue weighted by Gasteiger charge is 2.07. The van der Waals surface area contributed by atoms with Crippen LogP contribution < -0.4 is 10.1 Å². The van der Waals surface area contributed by atoms with E-state index in [1.807, 2.05) is 13.8 Å². The van der Waals surface area contributed by atoms with Crippen molar-refractivity contribution in [3.05, 3.63) is 30.1 Å². The average molecular weight is 285 g/mol. The third-order valence-corrected chi connectivity index (χ3v) is 2.60. The minimum atomic E-state index is -0.666. The van der Waals surface area contributed by atoms with Crippen LogP contribution in [0.1, 0.15) is 20.3 Å². The minimum absolute atomic E-state index is 0.0659. The number of benzene rings is 1. The van der Waals surface area contributed by atoms with E-state index in [2.05, 4.69) is 5.32 Å². The highest BCUT2D eigenvalue weighted by Crippen LogP contribution is 2.15. The maximum Gasteiger partial charge on any atom is 0.165 e. The van der Waals surface area contributed by atoms with E-state index in [1.54, 1.807) is 18.2 Å². The Hall–Kier alpha value is -1.17. The van der Waals surface area contributed by atoms with Gasteiger partial charge in [-0.15, -0.1) is 0 Å². The van der Waals surface area contributed by atoms with Crippen molar-refractivity contribution >= 4 is 0 Å². The smallest absolute Gasteiger partial charge is 0.165 e. The largest absolute Gasteiger partial charge is 0.488 e. The van der Waals surface area contributed by atoms with Gasteiger partial charge in [0.1, 0.15) is 12.7 Å². The van der Waals surface area contributed by atoms with Gasteiger partial charge in [-0.3, -0.25) is 0 Å². The van der Waals surface area contributed by atoms with E-state index in [1.165, 1.54) is 6.07 Å². The van der Waals surface area contributed by atoms with Crippen molar-refractivity contribution in [3.8, 4) is 5.75 Å². The average Bonchev–Trinajstić information content (AvgIpc) is 2.41. The van der Waals surface area contributed by atoms with Crippen molar-refractivity contribution in [1.29, 1.82) is 0 Å². The van der Waals surface area contributed by atoms with Gasteiger partial charge in [0.25, 0.3) is 0 Å². The summed E-state index contributed by atoms with van der Waals surface area (Å²) in [5, 5.41) is 12.8. The SMILES string of the molecule is CC(C)OCCCNC[C@H](O)COc1ccccc1F. The maximum atomic E-state index is 13.3. The summed E-state index contributed by atoms with van der Waals surface area (Å²) in [6.45, 7) is 5.94. The fourth-order valence-corrected chi connectivity index (χ4v) is 1.59. The molecule has 0 aliphatic carbocycles. The summed E-state index contributed by atoms with van der Waals surface area (Å²) in [6.07, 6.45) is 0.467. The first-order chi connectivity index (χ1) is 9.59. The molecule has 0 radical (unpaired) electrons. The number of aliphatic hydroxyl groups is 1. The predicted molar refractivity (Wildman–Crippen MR) is 76.5 cm³/mol. The molecule has 2 N–H and O–H groups in total. The molecular weight excluding hydrogens is 261 g/mol. The summed E-state index contributed by atoms with van der Waals surface area (Å²) in [4.78, 5) is 0. The van der Waals surface area contributed by atoms with Crippen LogP contribution in [0.25, 0.3) is 0 Å². The molecule has 0 heterocycles. The number of halogens is 1. The van der Waals surface area contributed by atoms with Crippen LogP contribution in [0.5, 0.6) is 5.75 Å². The molecule has 0 unspecified atom stereocenters. The minimum Gasteiger partial charge on any atom is -0.488 e. The lowest BCUT2D eigenvalue weighted by Crippen LogP contribution is -2.32. The molecule has 0 amide bonds. The summed E-state index contributed by atoms with van der Waals surface area (Å²) in [7, 11) is 0. The third-order valence-electron chi connectivity index (χ3n) is 2.60. The Labute approximate surface area is 119 Å². The second-order valence-corrected chi connectivity index (χ2v) is 4.87. The van der Waals surface area contributed by atoms with Gasteiger partial charge in [-0.05, 0) is 38.9 Å². The zero-order valence-corrected chi connectivity index (χ0v) is 12.1. The van der Waals surface area contributed by atoms with Gasteiger partial charge < -0.3 is 19.9 Å². The maximum absolute atomic E-state index is 13.3. The van der Waals surface area contributed by atoms with Gasteiger partial charge in [-0.2, -0.15) is 0 Å². The van der Waals surface area contributed by atoms with Crippen molar-refractivity contribution in [2.75, 3.05) is 26.3 Å². The number of hydrogen-bond donors (Lipinski definition) is 2. The summed E-state index contributed by atoms with van der Waals surface area (Å²) in [6, 6.07) is 6.16. The Morgan fingerprint density at radius 2 is 2.05 bits per heavy atom. The molecule has 0 aromatic heterocycles. The van der Waals surface area contributed by atoms with Crippen molar-refractivity contribution in [2.45, 2.75) is 32.5 Å². The van der Waals surface area contributed by atoms with Gasteiger partial charge in [-0.1, -0.05) is 12.1 Å². The molecule has 4 nitrogen and oxygen atoms in total. The van der Waals surface area contributed by atoms with Crippen molar-refractivity contribution < 1.29 is 19.0 Å². The molecule has 0 saturated heterocycles. The summed E-state index contributed by atoms with van der Waals surface area (Å²) in [5.41, 5.74) is 0. The molecule has 1 rings (SSSR count). The summed E-state index contributed by atoms with van der Waals surface area (Å²) in [5.74, 6) is -0.254. The lowest BCUT2D eigenvalue weighted by molar-refractivity contribution is 0.0747. The van der Waals surface area contributed by atoms with E-state index >= 15 is 0 Å². The third kappa shape index (κ3) is 7.43. The van der Waals surface area contributed by atoms with E-state index in [0.717, 1.165) is 13.0 Å². The molecule has 1 atom stereocenters. The van der Waals surface area contributed by atoms with E-state index in [9.17, 15) is 9.50 Å². The van der Waals surface area contributed by atoms with E-state index in [-0.39, 0.29) is 18.5 Å². The Kier molecular flexibility index (Phi) is 8.18. The molecule has 114 valence electrons. The first-order valence-electron chi connectivity index (χ1n) is 6.97. The fraction of sp³-hybridized carbons (Fsp3) is 0.600. The number of aliphatic hydroxyl groups excluding tert-OH is 1. The van der Waals surface area contributed by atoms with Crippen LogP contribution in [0.2, 0.25) is 0 Å². The fourth-order valence-electron chi connectivity index (χ4n) is 1.59. The standard InChI is InChI=1S/C15H24FNO3/c1-12(2)19-9-5-8-17-10-13(18)11-20-15-7-4-3-6-14(15)16/h3-4,6-7,12-13,17-18H,5,8-11H2,1-2H3/t13-/m0/s1. The molecule has 0 fully saturated rings. The van der Waals surface area contributed by atoms with Crippen LogP contribution in [0, 0.1) is 5.82 Å². The monoisotopic (exact) mass is 285 g/mol. The number of nitrogens with one attached hydrogen (secondary N) is 1. The van der Waals surface area contributed by atoms with Gasteiger partial charge in [0, 0.05) is 13.2 Å². The van der Waals surface area contributed by atoms with E-state index in [4.69, 9.17) is 9.47 Å². The first-order valence-corrected chi connectivity index (χ1v) is 6.97. The second-order valence-electron chi connectivity index (χ2n) is 4.87. The van der Waals surface area contributed by atoms with Crippen molar-refractivity contribution in [1.82, 2.24) is 5.32 Å². The molecule has 0 bridgehead atoms. The molecular formula is C15H24FNO3. The lowest BCUT2D eigenvalue weighted by Gasteiger charge is -2.14. The molecule has 0 aliphatic rings. The molecule has 1 aromatic carbocycles. The molecule has 0 saturated carbocycles. The van der Waals surface area contributed by atoms with Gasteiger partial charge >= 0.3 is 0 Å². The quantitative estimate of drug-likeness (QED) is 0.645. The topological polar surface area (TPSA) is 50.7 Å². The summed E-state index contributed by atoms with van der Waals surface area (Å²) < 4.78 is 23.9. The van der Waals surface area contributed by atoms with E-state index in [0.29, 0.717) is 13.2 Å². The van der Waals surface area contributed by atoms with Gasteiger partial charge in [0.05, 0.1) is 6.10 Å². The van der Waals surface area contributed by atoms with Crippen LogP contribution in [0.3, 0.4) is 0 Å². The Bertz CT molecular complexity index is 374. The van der Waals surface area contributed by atoms with Gasteiger partial charge in [-0.25, -0.2) is 4.39 Å². The van der Waals surface area contributed by atoms with Crippen LogP contribution >= 0.6 is 0 Å². The predicted octanol–water partition coefficient (Wildman–Crippen LogP) is 1.97. The van der Waals surface area contributed by atoms with Crippen molar-refractivity contribution in [2.24, 2.45) is 0 Å².